The van der Waals surface area contributed by atoms with Crippen LogP contribution >= 0.6 is 0 Å². The van der Waals surface area contributed by atoms with E-state index in [4.69, 9.17) is 5.26 Å². The summed E-state index contributed by atoms with van der Waals surface area (Å²) in [6.07, 6.45) is 6.07. The van der Waals surface area contributed by atoms with Gasteiger partial charge in [0.1, 0.15) is 6.04 Å². The van der Waals surface area contributed by atoms with E-state index in [9.17, 15) is 9.90 Å². The standard InChI is InChI=1S/C28H27N7O2/c1-20(17-29)35-19-22(18-31-35)25-10-13-30-27(33-25)32-24-9-5-6-21(16-24)26(36)34-14-11-28(37,12-15-34)23-7-3-2-4-8-23/h2-10,13,16,18-20,37H,11-12,14-15H2,1H3,(H,30,32,33). The van der Waals surface area contributed by atoms with Crippen LogP contribution in [0.15, 0.2) is 79.3 Å². The van der Waals surface area contributed by atoms with Crippen LogP contribution in [0.5, 0.6) is 0 Å². The van der Waals surface area contributed by atoms with Crippen LogP contribution in [0.25, 0.3) is 11.3 Å². The number of likely N-dealkylation sites (tertiary alicyclic amines) is 1. The minimum Gasteiger partial charge on any atom is -0.385 e. The second-order valence-electron chi connectivity index (χ2n) is 9.18. The fourth-order valence-electron chi connectivity index (χ4n) is 4.48. The third-order valence-corrected chi connectivity index (χ3v) is 6.69. The molecule has 0 aliphatic carbocycles. The van der Waals surface area contributed by atoms with Crippen LogP contribution in [0.1, 0.15) is 41.7 Å². The van der Waals surface area contributed by atoms with Crippen molar-refractivity contribution >= 4 is 17.5 Å². The number of benzene rings is 2. The molecule has 37 heavy (non-hydrogen) atoms. The largest absolute Gasteiger partial charge is 0.385 e. The van der Waals surface area contributed by atoms with Crippen LogP contribution in [0.2, 0.25) is 0 Å². The lowest BCUT2D eigenvalue weighted by Crippen LogP contribution is -2.45. The zero-order valence-corrected chi connectivity index (χ0v) is 20.5. The third-order valence-electron chi connectivity index (χ3n) is 6.69. The maximum atomic E-state index is 13.2. The molecule has 186 valence electrons. The van der Waals surface area contributed by atoms with Gasteiger partial charge in [0.2, 0.25) is 5.95 Å². The zero-order valence-electron chi connectivity index (χ0n) is 20.5. The Morgan fingerprint density at radius 3 is 2.68 bits per heavy atom. The summed E-state index contributed by atoms with van der Waals surface area (Å²) in [5, 5.41) is 27.6. The van der Waals surface area contributed by atoms with E-state index < -0.39 is 5.60 Å². The number of carbonyl (C=O) groups excluding carboxylic acids is 1. The van der Waals surface area contributed by atoms with E-state index in [1.807, 2.05) is 42.5 Å². The molecule has 0 radical (unpaired) electrons. The smallest absolute Gasteiger partial charge is 0.253 e. The maximum absolute atomic E-state index is 13.2. The van der Waals surface area contributed by atoms with Crippen molar-refractivity contribution in [3.8, 4) is 17.3 Å². The van der Waals surface area contributed by atoms with Crippen LogP contribution in [-0.2, 0) is 5.60 Å². The molecule has 9 heteroatoms. The first-order chi connectivity index (χ1) is 17.9. The summed E-state index contributed by atoms with van der Waals surface area (Å²) < 4.78 is 1.58. The van der Waals surface area contributed by atoms with E-state index in [0.717, 1.165) is 11.1 Å². The van der Waals surface area contributed by atoms with Gasteiger partial charge in [-0.3, -0.25) is 9.48 Å². The first-order valence-electron chi connectivity index (χ1n) is 12.2. The molecular formula is C28H27N7O2. The van der Waals surface area contributed by atoms with Crippen molar-refractivity contribution in [2.45, 2.75) is 31.4 Å². The Balaban J connectivity index is 1.26. The molecule has 1 aliphatic heterocycles. The van der Waals surface area contributed by atoms with Crippen LogP contribution in [0.4, 0.5) is 11.6 Å². The summed E-state index contributed by atoms with van der Waals surface area (Å²) in [7, 11) is 0. The van der Waals surface area contributed by atoms with Crippen molar-refractivity contribution in [1.82, 2.24) is 24.6 Å². The maximum Gasteiger partial charge on any atom is 0.253 e. The topological polar surface area (TPSA) is 120 Å². The van der Waals surface area contributed by atoms with Crippen LogP contribution in [0, 0.1) is 11.3 Å². The Bertz CT molecular complexity index is 1440. The molecule has 9 nitrogen and oxygen atoms in total. The van der Waals surface area contributed by atoms with E-state index >= 15 is 0 Å². The molecule has 1 aliphatic rings. The van der Waals surface area contributed by atoms with E-state index in [1.165, 1.54) is 0 Å². The Kier molecular flexibility index (Phi) is 6.66. The van der Waals surface area contributed by atoms with Gasteiger partial charge in [-0.05, 0) is 49.6 Å². The highest BCUT2D eigenvalue weighted by Crippen LogP contribution is 2.33. The summed E-state index contributed by atoms with van der Waals surface area (Å²) in [5.41, 5.74) is 2.67. The number of nitrogens with zero attached hydrogens (tertiary/aromatic N) is 6. The van der Waals surface area contributed by atoms with Gasteiger partial charge in [0.15, 0.2) is 0 Å². The molecule has 2 N–H and O–H groups in total. The number of piperidine rings is 1. The molecule has 1 saturated heterocycles. The number of hydrogen-bond acceptors (Lipinski definition) is 7. The van der Waals surface area contributed by atoms with Crippen molar-refractivity contribution in [2.24, 2.45) is 0 Å². The normalized spacial score (nSPS) is 15.5. The average Bonchev–Trinajstić information content (AvgIpc) is 3.44. The second kappa shape index (κ2) is 10.2. The van der Waals surface area contributed by atoms with Crippen molar-refractivity contribution in [2.75, 3.05) is 18.4 Å². The quantitative estimate of drug-likeness (QED) is 0.411. The molecule has 1 amide bonds. The number of aliphatic hydroxyl groups is 1. The van der Waals surface area contributed by atoms with Gasteiger partial charge in [-0.2, -0.15) is 10.4 Å². The summed E-state index contributed by atoms with van der Waals surface area (Å²) in [4.78, 5) is 23.9. The lowest BCUT2D eigenvalue weighted by atomic mass is 9.84. The van der Waals surface area contributed by atoms with Gasteiger partial charge in [-0.1, -0.05) is 36.4 Å². The van der Waals surface area contributed by atoms with Crippen molar-refractivity contribution in [3.63, 3.8) is 0 Å². The molecule has 0 bridgehead atoms. The molecule has 0 saturated carbocycles. The predicted molar refractivity (Wildman–Crippen MR) is 139 cm³/mol. The second-order valence-corrected chi connectivity index (χ2v) is 9.18. The van der Waals surface area contributed by atoms with E-state index in [0.29, 0.717) is 48.8 Å². The number of nitriles is 1. The first-order valence-corrected chi connectivity index (χ1v) is 12.2. The number of rotatable bonds is 6. The Morgan fingerprint density at radius 2 is 1.92 bits per heavy atom. The summed E-state index contributed by atoms with van der Waals surface area (Å²) in [6, 6.07) is 20.4. The van der Waals surface area contributed by atoms with Gasteiger partial charge in [0.05, 0.1) is 23.6 Å². The zero-order chi connectivity index (χ0) is 25.8. The molecule has 3 heterocycles. The fraction of sp³-hybridized carbons (Fsp3) is 0.250. The van der Waals surface area contributed by atoms with Gasteiger partial charge < -0.3 is 15.3 Å². The SMILES string of the molecule is CC(C#N)n1cc(-c2ccnc(Nc3cccc(C(=O)N4CCC(O)(c5ccccc5)CC4)c3)n2)cn1. The molecular weight excluding hydrogens is 466 g/mol. The lowest BCUT2D eigenvalue weighted by Gasteiger charge is -2.38. The number of nitrogens with one attached hydrogen (secondary N) is 1. The van der Waals surface area contributed by atoms with Gasteiger partial charge >= 0.3 is 0 Å². The first kappa shape index (κ1) is 24.2. The highest BCUT2D eigenvalue weighted by atomic mass is 16.3. The van der Waals surface area contributed by atoms with Gasteiger partial charge in [0.25, 0.3) is 5.91 Å². The van der Waals surface area contributed by atoms with E-state index in [-0.39, 0.29) is 11.9 Å². The molecule has 2 aromatic heterocycles. The van der Waals surface area contributed by atoms with Crippen LogP contribution < -0.4 is 5.32 Å². The molecule has 1 atom stereocenters. The Labute approximate surface area is 215 Å². The number of hydrogen-bond donors (Lipinski definition) is 2. The van der Waals surface area contributed by atoms with Gasteiger partial charge in [-0.25, -0.2) is 9.97 Å². The van der Waals surface area contributed by atoms with E-state index in [2.05, 4.69) is 26.5 Å². The summed E-state index contributed by atoms with van der Waals surface area (Å²) in [5.74, 6) is 0.307. The van der Waals surface area contributed by atoms with Crippen LogP contribution in [0.3, 0.4) is 0 Å². The van der Waals surface area contributed by atoms with Crippen LogP contribution in [-0.4, -0.2) is 48.8 Å². The van der Waals surface area contributed by atoms with E-state index in [1.54, 1.807) is 53.3 Å². The molecule has 5 rings (SSSR count). The molecule has 1 unspecified atom stereocenters. The number of amides is 1. The summed E-state index contributed by atoms with van der Waals surface area (Å²) >= 11 is 0. The Morgan fingerprint density at radius 1 is 1.14 bits per heavy atom. The predicted octanol–water partition coefficient (Wildman–Crippen LogP) is 4.29. The number of anilines is 2. The highest BCUT2D eigenvalue weighted by molar-refractivity contribution is 5.95. The minimum absolute atomic E-state index is 0.0764. The number of carbonyl (C=O) groups is 1. The molecule has 0 spiro atoms. The third kappa shape index (κ3) is 5.20. The van der Waals surface area contributed by atoms with Crippen molar-refractivity contribution < 1.29 is 9.90 Å². The van der Waals surface area contributed by atoms with Gasteiger partial charge in [0, 0.05) is 42.3 Å². The molecule has 4 aromatic rings. The number of aromatic nitrogens is 4. The average molecular weight is 494 g/mol. The Hall–Kier alpha value is -4.55. The molecule has 2 aromatic carbocycles. The highest BCUT2D eigenvalue weighted by Gasteiger charge is 2.35. The van der Waals surface area contributed by atoms with Crippen molar-refractivity contribution in [3.05, 3.63) is 90.4 Å². The van der Waals surface area contributed by atoms with Gasteiger partial charge in [-0.15, -0.1) is 0 Å². The fourth-order valence-corrected chi connectivity index (χ4v) is 4.48. The lowest BCUT2D eigenvalue weighted by molar-refractivity contribution is -0.0211. The minimum atomic E-state index is -0.910. The molecule has 1 fully saturated rings. The summed E-state index contributed by atoms with van der Waals surface area (Å²) in [6.45, 7) is 2.72. The van der Waals surface area contributed by atoms with Crippen molar-refractivity contribution in [1.29, 1.82) is 5.26 Å². The monoisotopic (exact) mass is 493 g/mol.